The van der Waals surface area contributed by atoms with Gasteiger partial charge >= 0.3 is 5.97 Å². The Morgan fingerprint density at radius 2 is 1.77 bits per heavy atom. The van der Waals surface area contributed by atoms with Gasteiger partial charge in [-0.1, -0.05) is 34.4 Å². The average Bonchev–Trinajstić information content (AvgIpc) is 3.59. The molecule has 4 fully saturated rings. The van der Waals surface area contributed by atoms with Crippen molar-refractivity contribution < 1.29 is 23.2 Å². The van der Waals surface area contributed by atoms with Gasteiger partial charge in [-0.2, -0.15) is 0 Å². The molecular formula is C31H30Cl2N2O5. The van der Waals surface area contributed by atoms with E-state index in [4.69, 9.17) is 46.6 Å². The first-order valence-corrected chi connectivity index (χ1v) is 14.7. The molecule has 0 saturated heterocycles. The average molecular weight is 581 g/mol. The maximum Gasteiger partial charge on any atom is 0.337 e. The van der Waals surface area contributed by atoms with Crippen LogP contribution >= 0.6 is 23.2 Å². The monoisotopic (exact) mass is 580 g/mol. The molecule has 4 aliphatic rings. The molecule has 4 aromatic rings. The van der Waals surface area contributed by atoms with Gasteiger partial charge in [0.25, 0.3) is 0 Å². The van der Waals surface area contributed by atoms with Crippen LogP contribution in [0.1, 0.15) is 84.9 Å². The largest absolute Gasteiger partial charge is 0.465 e. The predicted octanol–water partition coefficient (Wildman–Crippen LogP) is 8.26. The number of hydrogen-bond acceptors (Lipinski definition) is 7. The molecule has 0 atom stereocenters. The highest BCUT2D eigenvalue weighted by Crippen LogP contribution is 2.58. The lowest BCUT2D eigenvalue weighted by molar-refractivity contribution is -0.0486. The summed E-state index contributed by atoms with van der Waals surface area (Å²) in [5, 5.41) is 5.50. The molecule has 2 aromatic carbocycles. The SMILES string of the molecule is COC(=O)c1ccc2nc(C34CCC(COCc5c(-c6c(Cl)cccc6Cl)noc5C5CC5)(CC3)CC4)oc2c1. The molecule has 4 saturated carbocycles. The highest BCUT2D eigenvalue weighted by Gasteiger charge is 2.52. The van der Waals surface area contributed by atoms with Crippen LogP contribution in [0, 0.1) is 5.41 Å². The predicted molar refractivity (Wildman–Crippen MR) is 151 cm³/mol. The number of rotatable bonds is 8. The summed E-state index contributed by atoms with van der Waals surface area (Å²) in [5.74, 6) is 1.71. The van der Waals surface area contributed by atoms with Gasteiger partial charge in [-0.05, 0) is 87.1 Å². The van der Waals surface area contributed by atoms with Gasteiger partial charge in [0.2, 0.25) is 5.89 Å². The Balaban J connectivity index is 1.05. The van der Waals surface area contributed by atoms with E-state index in [0.29, 0.717) is 51.6 Å². The number of methoxy groups -OCH3 is 1. The lowest BCUT2D eigenvalue weighted by atomic mass is 9.54. The highest BCUT2D eigenvalue weighted by atomic mass is 35.5. The Hall–Kier alpha value is -2.87. The lowest BCUT2D eigenvalue weighted by Gasteiger charge is -2.51. The van der Waals surface area contributed by atoms with E-state index in [2.05, 4.69) is 5.16 Å². The first-order valence-electron chi connectivity index (χ1n) is 13.9. The maximum atomic E-state index is 11.9. The molecular weight excluding hydrogens is 551 g/mol. The molecule has 9 heteroatoms. The van der Waals surface area contributed by atoms with Crippen LogP contribution in [-0.4, -0.2) is 29.8 Å². The first kappa shape index (κ1) is 26.1. The number of oxazole rings is 1. The number of halogens is 2. The van der Waals surface area contributed by atoms with E-state index in [1.165, 1.54) is 7.11 Å². The van der Waals surface area contributed by atoms with Crippen LogP contribution in [0.15, 0.2) is 45.3 Å². The summed E-state index contributed by atoms with van der Waals surface area (Å²) in [6, 6.07) is 10.8. The van der Waals surface area contributed by atoms with Crippen LogP contribution in [0.4, 0.5) is 0 Å². The summed E-state index contributed by atoms with van der Waals surface area (Å²) >= 11 is 13.0. The zero-order valence-electron chi connectivity index (χ0n) is 22.3. The van der Waals surface area contributed by atoms with Crippen LogP contribution in [-0.2, 0) is 21.5 Å². The van der Waals surface area contributed by atoms with Crippen molar-refractivity contribution in [3.8, 4) is 11.3 Å². The van der Waals surface area contributed by atoms with E-state index in [9.17, 15) is 4.79 Å². The molecule has 7 nitrogen and oxygen atoms in total. The van der Waals surface area contributed by atoms with E-state index in [1.807, 2.05) is 24.3 Å². The quantitative estimate of drug-likeness (QED) is 0.194. The molecule has 0 radical (unpaired) electrons. The normalized spacial score (nSPS) is 24.1. The molecule has 4 aliphatic carbocycles. The Bertz CT molecular complexity index is 1560. The fourth-order valence-electron chi connectivity index (χ4n) is 6.61. The summed E-state index contributed by atoms with van der Waals surface area (Å²) in [7, 11) is 1.38. The second-order valence-electron chi connectivity index (χ2n) is 11.7. The third-order valence-electron chi connectivity index (χ3n) is 9.29. The zero-order valence-corrected chi connectivity index (χ0v) is 23.8. The molecule has 208 valence electrons. The second kappa shape index (κ2) is 9.89. The van der Waals surface area contributed by atoms with Crippen LogP contribution in [0.5, 0.6) is 0 Å². The number of carbonyl (C=O) groups excluding carboxylic acids is 1. The Morgan fingerprint density at radius 3 is 2.45 bits per heavy atom. The van der Waals surface area contributed by atoms with Gasteiger partial charge in [0.05, 0.1) is 35.9 Å². The number of ether oxygens (including phenoxy) is 2. The number of hydrogen-bond donors (Lipinski definition) is 0. The molecule has 8 rings (SSSR count). The standard InChI is InChI=1S/C31H30Cl2N2O5/c1-37-28(36)19-7-8-23-24(15-19)39-29(34-23)31-12-9-30(10-13-31,11-14-31)17-38-16-20-26(35-40-27(20)18-5-6-18)25-21(32)3-2-4-22(25)33/h2-4,7-8,15,18H,5-6,9-14,16-17H2,1H3. The van der Waals surface area contributed by atoms with Crippen LogP contribution in [0.25, 0.3) is 22.4 Å². The second-order valence-corrected chi connectivity index (χ2v) is 12.5. The van der Waals surface area contributed by atoms with Crippen molar-refractivity contribution in [2.24, 2.45) is 5.41 Å². The van der Waals surface area contributed by atoms with Gasteiger partial charge in [0.15, 0.2) is 5.58 Å². The van der Waals surface area contributed by atoms with Crippen LogP contribution < -0.4 is 0 Å². The van der Waals surface area contributed by atoms with E-state index in [0.717, 1.165) is 74.1 Å². The molecule has 40 heavy (non-hydrogen) atoms. The van der Waals surface area contributed by atoms with Gasteiger partial charge in [0, 0.05) is 22.5 Å². The Labute approximate surface area is 242 Å². The molecule has 0 N–H and O–H groups in total. The maximum absolute atomic E-state index is 11.9. The molecule has 2 bridgehead atoms. The molecule has 0 amide bonds. The molecule has 0 unspecified atom stereocenters. The van der Waals surface area contributed by atoms with Gasteiger partial charge in [-0.25, -0.2) is 9.78 Å². The summed E-state index contributed by atoms with van der Waals surface area (Å²) in [6.45, 7) is 1.11. The Kier molecular flexibility index (Phi) is 6.45. The lowest BCUT2D eigenvalue weighted by Crippen LogP contribution is -2.46. The minimum absolute atomic E-state index is 0.0617. The van der Waals surface area contributed by atoms with E-state index in [-0.39, 0.29) is 16.8 Å². The van der Waals surface area contributed by atoms with Gasteiger partial charge < -0.3 is 18.4 Å². The number of fused-ring (bicyclic) bond motifs is 4. The van der Waals surface area contributed by atoms with Gasteiger partial charge in [0.1, 0.15) is 17.0 Å². The van der Waals surface area contributed by atoms with Gasteiger partial charge in [-0.15, -0.1) is 0 Å². The molecule has 0 aliphatic heterocycles. The topological polar surface area (TPSA) is 87.6 Å². The van der Waals surface area contributed by atoms with Crippen molar-refractivity contribution in [2.75, 3.05) is 13.7 Å². The minimum Gasteiger partial charge on any atom is -0.465 e. The van der Waals surface area contributed by atoms with Gasteiger partial charge in [-0.3, -0.25) is 0 Å². The summed E-state index contributed by atoms with van der Waals surface area (Å²) < 4.78 is 23.4. The molecule has 2 aromatic heterocycles. The zero-order chi connectivity index (χ0) is 27.5. The number of benzene rings is 2. The van der Waals surface area contributed by atoms with Crippen molar-refractivity contribution in [3.63, 3.8) is 0 Å². The van der Waals surface area contributed by atoms with E-state index < -0.39 is 0 Å². The summed E-state index contributed by atoms with van der Waals surface area (Å²) in [4.78, 5) is 16.8. The fraction of sp³-hybridized carbons (Fsp3) is 0.452. The number of nitrogens with zero attached hydrogens (tertiary/aromatic N) is 2. The summed E-state index contributed by atoms with van der Waals surface area (Å²) in [6.07, 6.45) is 8.40. The molecule has 0 spiro atoms. The third kappa shape index (κ3) is 4.43. The third-order valence-corrected chi connectivity index (χ3v) is 9.92. The van der Waals surface area contributed by atoms with Crippen molar-refractivity contribution >= 4 is 40.3 Å². The Morgan fingerprint density at radius 1 is 1.05 bits per heavy atom. The number of aromatic nitrogens is 2. The molecule has 2 heterocycles. The smallest absolute Gasteiger partial charge is 0.337 e. The van der Waals surface area contributed by atoms with Crippen molar-refractivity contribution in [1.82, 2.24) is 10.1 Å². The highest BCUT2D eigenvalue weighted by molar-refractivity contribution is 6.39. The van der Waals surface area contributed by atoms with E-state index in [1.54, 1.807) is 12.1 Å². The first-order chi connectivity index (χ1) is 19.4. The minimum atomic E-state index is -0.379. The number of carbonyl (C=O) groups is 1. The van der Waals surface area contributed by atoms with E-state index >= 15 is 0 Å². The number of esters is 1. The van der Waals surface area contributed by atoms with Crippen LogP contribution in [0.2, 0.25) is 10.0 Å². The van der Waals surface area contributed by atoms with Crippen molar-refractivity contribution in [3.05, 3.63) is 69.2 Å². The summed E-state index contributed by atoms with van der Waals surface area (Å²) in [5.41, 5.74) is 4.32. The van der Waals surface area contributed by atoms with Crippen LogP contribution in [0.3, 0.4) is 0 Å². The fourth-order valence-corrected chi connectivity index (χ4v) is 7.19. The van der Waals surface area contributed by atoms with Crippen molar-refractivity contribution in [1.29, 1.82) is 0 Å². The van der Waals surface area contributed by atoms with Crippen molar-refractivity contribution in [2.45, 2.75) is 69.3 Å².